The lowest BCUT2D eigenvalue weighted by atomic mass is 10.3. The van der Waals surface area contributed by atoms with Gasteiger partial charge < -0.3 is 15.0 Å². The molecule has 2 aromatic heterocycles. The number of rotatable bonds is 4. The minimum Gasteiger partial charge on any atom is -0.384 e. The molecule has 1 atom stereocenters. The summed E-state index contributed by atoms with van der Waals surface area (Å²) in [6.07, 6.45) is 1.67. The highest BCUT2D eigenvalue weighted by molar-refractivity contribution is 5.52. The quantitative estimate of drug-likeness (QED) is 0.856. The molecule has 0 aliphatic rings. The first-order valence-electron chi connectivity index (χ1n) is 5.33. The van der Waals surface area contributed by atoms with Crippen molar-refractivity contribution in [1.82, 2.24) is 19.7 Å². The lowest BCUT2D eigenvalue weighted by Gasteiger charge is -2.13. The highest BCUT2D eigenvalue weighted by Crippen LogP contribution is 2.19. The predicted molar refractivity (Wildman–Crippen MR) is 64.3 cm³/mol. The van der Waals surface area contributed by atoms with Crippen molar-refractivity contribution in [2.24, 2.45) is 0 Å². The molecule has 0 unspecified atom stereocenters. The monoisotopic (exact) mass is 233 g/mol. The number of anilines is 1. The molecule has 0 bridgehead atoms. The Morgan fingerprint density at radius 1 is 1.47 bits per heavy atom. The maximum atomic E-state index is 5.66. The van der Waals surface area contributed by atoms with E-state index in [1.807, 2.05) is 23.6 Å². The minimum atomic E-state index is 0.147. The lowest BCUT2D eigenvalue weighted by molar-refractivity contribution is 0.162. The summed E-state index contributed by atoms with van der Waals surface area (Å²) >= 11 is 0. The number of nitrogens with two attached hydrogens (primary N) is 1. The van der Waals surface area contributed by atoms with E-state index in [4.69, 9.17) is 10.5 Å². The van der Waals surface area contributed by atoms with Crippen molar-refractivity contribution in [1.29, 1.82) is 0 Å². The molecule has 0 spiro atoms. The van der Waals surface area contributed by atoms with Gasteiger partial charge in [0.2, 0.25) is 0 Å². The van der Waals surface area contributed by atoms with E-state index in [0.29, 0.717) is 23.9 Å². The number of hydrogen-bond acceptors (Lipinski definition) is 5. The fourth-order valence-corrected chi connectivity index (χ4v) is 1.65. The van der Waals surface area contributed by atoms with Gasteiger partial charge in [-0.2, -0.15) is 0 Å². The lowest BCUT2D eigenvalue weighted by Crippen LogP contribution is -2.12. The zero-order valence-electron chi connectivity index (χ0n) is 9.87. The molecule has 0 radical (unpaired) electrons. The molecular formula is C11H15N5O. The third-order valence-electron chi connectivity index (χ3n) is 2.46. The van der Waals surface area contributed by atoms with Crippen LogP contribution < -0.4 is 5.73 Å². The maximum Gasteiger partial charge on any atom is 0.182 e. The van der Waals surface area contributed by atoms with Crippen LogP contribution in [-0.2, 0) is 4.74 Å². The van der Waals surface area contributed by atoms with E-state index in [9.17, 15) is 0 Å². The Balaban J connectivity index is 2.36. The number of pyridine rings is 1. The van der Waals surface area contributed by atoms with E-state index in [2.05, 4.69) is 15.2 Å². The molecule has 0 aliphatic heterocycles. The smallest absolute Gasteiger partial charge is 0.182 e. The van der Waals surface area contributed by atoms with Crippen molar-refractivity contribution < 1.29 is 4.74 Å². The second-order valence-electron chi connectivity index (χ2n) is 3.81. The summed E-state index contributed by atoms with van der Waals surface area (Å²) in [5.74, 6) is 1.17. The molecule has 17 heavy (non-hydrogen) atoms. The van der Waals surface area contributed by atoms with E-state index in [-0.39, 0.29) is 6.04 Å². The summed E-state index contributed by atoms with van der Waals surface area (Å²) < 4.78 is 7.04. The van der Waals surface area contributed by atoms with Crippen molar-refractivity contribution in [3.05, 3.63) is 24.5 Å². The zero-order valence-corrected chi connectivity index (χ0v) is 9.87. The first-order valence-corrected chi connectivity index (χ1v) is 5.33. The second-order valence-corrected chi connectivity index (χ2v) is 3.81. The number of nitrogen functional groups attached to an aromatic ring is 1. The van der Waals surface area contributed by atoms with Gasteiger partial charge in [0, 0.05) is 7.11 Å². The molecular weight excluding hydrogens is 218 g/mol. The molecule has 0 saturated heterocycles. The van der Waals surface area contributed by atoms with Gasteiger partial charge in [-0.3, -0.25) is 0 Å². The summed E-state index contributed by atoms with van der Waals surface area (Å²) in [6, 6.07) is 5.59. The molecule has 2 rings (SSSR count). The van der Waals surface area contributed by atoms with Gasteiger partial charge in [0.15, 0.2) is 5.82 Å². The highest BCUT2D eigenvalue weighted by atomic mass is 16.5. The second kappa shape index (κ2) is 4.92. The van der Waals surface area contributed by atoms with E-state index in [0.717, 1.165) is 0 Å². The highest BCUT2D eigenvalue weighted by Gasteiger charge is 2.13. The van der Waals surface area contributed by atoms with Gasteiger partial charge >= 0.3 is 0 Å². The molecule has 0 fully saturated rings. The van der Waals surface area contributed by atoms with E-state index < -0.39 is 0 Å². The maximum absolute atomic E-state index is 5.66. The number of aromatic nitrogens is 4. The third-order valence-corrected chi connectivity index (χ3v) is 2.46. The summed E-state index contributed by atoms with van der Waals surface area (Å²) in [6.45, 7) is 2.62. The van der Waals surface area contributed by atoms with Crippen LogP contribution in [-0.4, -0.2) is 33.5 Å². The summed E-state index contributed by atoms with van der Waals surface area (Å²) in [5, 5.41) is 7.98. The Kier molecular flexibility index (Phi) is 3.34. The minimum absolute atomic E-state index is 0.147. The third kappa shape index (κ3) is 2.42. The van der Waals surface area contributed by atoms with Crippen molar-refractivity contribution in [2.45, 2.75) is 13.0 Å². The van der Waals surface area contributed by atoms with Crippen molar-refractivity contribution >= 4 is 5.82 Å². The predicted octanol–water partition coefficient (Wildman–Crippen LogP) is 1.13. The van der Waals surface area contributed by atoms with E-state index in [1.165, 1.54) is 0 Å². The average molecular weight is 233 g/mol. The normalized spacial score (nSPS) is 12.6. The van der Waals surface area contributed by atoms with Gasteiger partial charge in [-0.15, -0.1) is 10.2 Å². The SMILES string of the molecule is COC[C@@H](C)n1cnnc1-c1cccc(N)n1. The molecule has 90 valence electrons. The van der Waals surface area contributed by atoms with Gasteiger partial charge in [0.1, 0.15) is 17.8 Å². The van der Waals surface area contributed by atoms with Crippen molar-refractivity contribution in [3.63, 3.8) is 0 Å². The average Bonchev–Trinajstić information content (AvgIpc) is 2.78. The van der Waals surface area contributed by atoms with Crippen LogP contribution in [0, 0.1) is 0 Å². The van der Waals surface area contributed by atoms with Gasteiger partial charge in [-0.25, -0.2) is 4.98 Å². The summed E-state index contributed by atoms with van der Waals surface area (Å²) in [5.41, 5.74) is 6.37. The summed E-state index contributed by atoms with van der Waals surface area (Å²) in [4.78, 5) is 4.23. The fraction of sp³-hybridized carbons (Fsp3) is 0.364. The Bertz CT molecular complexity index is 496. The fourth-order valence-electron chi connectivity index (χ4n) is 1.65. The van der Waals surface area contributed by atoms with Crippen LogP contribution in [0.1, 0.15) is 13.0 Å². The Hall–Kier alpha value is -1.95. The molecule has 0 aromatic carbocycles. The van der Waals surface area contributed by atoms with E-state index >= 15 is 0 Å². The van der Waals surface area contributed by atoms with E-state index in [1.54, 1.807) is 19.5 Å². The molecule has 2 N–H and O–H groups in total. The topological polar surface area (TPSA) is 78.8 Å². The zero-order chi connectivity index (χ0) is 12.3. The first kappa shape index (κ1) is 11.5. The standard InChI is InChI=1S/C11H15N5O/c1-8(6-17-2)16-7-13-15-11(16)9-4-3-5-10(12)14-9/h3-5,7-8H,6H2,1-2H3,(H2,12,14)/t8-/m1/s1. The summed E-state index contributed by atoms with van der Waals surface area (Å²) in [7, 11) is 1.67. The van der Waals surface area contributed by atoms with Crippen LogP contribution in [0.3, 0.4) is 0 Å². The van der Waals surface area contributed by atoms with Crippen molar-refractivity contribution in [3.8, 4) is 11.5 Å². The number of hydrogen-bond donors (Lipinski definition) is 1. The van der Waals surface area contributed by atoms with Crippen LogP contribution in [0.15, 0.2) is 24.5 Å². The Labute approximate surface area is 99.4 Å². The molecule has 0 saturated carbocycles. The first-order chi connectivity index (χ1) is 8.22. The van der Waals surface area contributed by atoms with Gasteiger partial charge in [0.25, 0.3) is 0 Å². The molecule has 2 aromatic rings. The molecule has 0 aliphatic carbocycles. The van der Waals surface area contributed by atoms with Gasteiger partial charge in [-0.05, 0) is 19.1 Å². The molecule has 2 heterocycles. The Morgan fingerprint density at radius 2 is 2.29 bits per heavy atom. The van der Waals surface area contributed by atoms with Crippen LogP contribution in [0.4, 0.5) is 5.82 Å². The molecule has 0 amide bonds. The van der Waals surface area contributed by atoms with Crippen LogP contribution >= 0.6 is 0 Å². The number of methoxy groups -OCH3 is 1. The number of nitrogens with zero attached hydrogens (tertiary/aromatic N) is 4. The number of ether oxygens (including phenoxy) is 1. The van der Waals surface area contributed by atoms with Gasteiger partial charge in [0.05, 0.1) is 12.6 Å². The van der Waals surface area contributed by atoms with Gasteiger partial charge in [-0.1, -0.05) is 6.07 Å². The molecule has 6 nitrogen and oxygen atoms in total. The van der Waals surface area contributed by atoms with Crippen LogP contribution in [0.5, 0.6) is 0 Å². The largest absolute Gasteiger partial charge is 0.384 e. The van der Waals surface area contributed by atoms with Crippen LogP contribution in [0.25, 0.3) is 11.5 Å². The van der Waals surface area contributed by atoms with Crippen LogP contribution in [0.2, 0.25) is 0 Å². The molecule has 6 heteroatoms. The Morgan fingerprint density at radius 3 is 3.00 bits per heavy atom. The van der Waals surface area contributed by atoms with Crippen molar-refractivity contribution in [2.75, 3.05) is 19.5 Å².